The summed E-state index contributed by atoms with van der Waals surface area (Å²) in [6.45, 7) is 2.00. The molecule has 0 aliphatic rings. The Kier molecular flexibility index (Phi) is 4.88. The number of hydrogen-bond acceptors (Lipinski definition) is 2. The fourth-order valence-electron chi connectivity index (χ4n) is 3.16. The van der Waals surface area contributed by atoms with Crippen molar-refractivity contribution in [3.8, 4) is 34.3 Å². The molecule has 0 unspecified atom stereocenters. The summed E-state index contributed by atoms with van der Waals surface area (Å²) < 4.78 is 40.4. The Bertz CT molecular complexity index is 1210. The summed E-state index contributed by atoms with van der Waals surface area (Å²) >= 11 is 0. The van der Waals surface area contributed by atoms with Crippen LogP contribution in [0.2, 0.25) is 0 Å². The minimum absolute atomic E-state index is 0.533. The SMILES string of the molecule is Cc1ccc(-c2cc(-c3ccc(C(F)(F)F)cc3)nn2-c2ccc(C#N)cc2)cc1. The van der Waals surface area contributed by atoms with Crippen LogP contribution in [0.1, 0.15) is 16.7 Å². The highest BCUT2D eigenvalue weighted by atomic mass is 19.4. The summed E-state index contributed by atoms with van der Waals surface area (Å²) in [6.07, 6.45) is -4.38. The second kappa shape index (κ2) is 7.53. The fraction of sp³-hybridized carbons (Fsp3) is 0.0833. The van der Waals surface area contributed by atoms with Crippen molar-refractivity contribution in [2.75, 3.05) is 0 Å². The normalized spacial score (nSPS) is 11.3. The number of halogens is 3. The van der Waals surface area contributed by atoms with Gasteiger partial charge in [0.05, 0.1) is 34.3 Å². The first-order valence-corrected chi connectivity index (χ1v) is 9.20. The standard InChI is InChI=1S/C24H16F3N3/c1-16-2-6-19(7-3-16)23-14-22(18-8-10-20(11-9-18)24(25,26)27)29-30(23)21-12-4-17(15-28)5-13-21/h2-14H,1H3. The van der Waals surface area contributed by atoms with E-state index in [9.17, 15) is 13.2 Å². The van der Waals surface area contributed by atoms with Crippen molar-refractivity contribution in [3.05, 3.63) is 95.6 Å². The van der Waals surface area contributed by atoms with E-state index in [1.807, 2.05) is 37.3 Å². The van der Waals surface area contributed by atoms with E-state index in [-0.39, 0.29) is 0 Å². The lowest BCUT2D eigenvalue weighted by Gasteiger charge is -2.08. The quantitative estimate of drug-likeness (QED) is 0.397. The minimum Gasteiger partial charge on any atom is -0.232 e. The van der Waals surface area contributed by atoms with Crippen molar-refractivity contribution in [1.29, 1.82) is 5.26 Å². The van der Waals surface area contributed by atoms with E-state index in [2.05, 4.69) is 11.2 Å². The van der Waals surface area contributed by atoms with Crippen LogP contribution in [0.4, 0.5) is 13.2 Å². The molecule has 30 heavy (non-hydrogen) atoms. The molecule has 3 nitrogen and oxygen atoms in total. The van der Waals surface area contributed by atoms with Gasteiger partial charge >= 0.3 is 6.18 Å². The van der Waals surface area contributed by atoms with Crippen LogP contribution in [-0.4, -0.2) is 9.78 Å². The molecule has 0 aliphatic carbocycles. The Hall–Kier alpha value is -3.85. The molecule has 3 aromatic carbocycles. The summed E-state index contributed by atoms with van der Waals surface area (Å²) in [7, 11) is 0. The smallest absolute Gasteiger partial charge is 0.232 e. The molecule has 1 heterocycles. The molecule has 0 radical (unpaired) electrons. The second-order valence-corrected chi connectivity index (χ2v) is 6.93. The monoisotopic (exact) mass is 403 g/mol. The number of aromatic nitrogens is 2. The molecule has 148 valence electrons. The first-order chi connectivity index (χ1) is 14.3. The van der Waals surface area contributed by atoms with Crippen LogP contribution in [0.25, 0.3) is 28.2 Å². The maximum Gasteiger partial charge on any atom is 0.416 e. The molecule has 0 bridgehead atoms. The van der Waals surface area contributed by atoms with Gasteiger partial charge in [-0.05, 0) is 49.4 Å². The van der Waals surface area contributed by atoms with Gasteiger partial charge in [0.25, 0.3) is 0 Å². The topological polar surface area (TPSA) is 41.6 Å². The van der Waals surface area contributed by atoms with Crippen molar-refractivity contribution < 1.29 is 13.2 Å². The molecule has 4 aromatic rings. The van der Waals surface area contributed by atoms with E-state index in [0.717, 1.165) is 34.6 Å². The third-order valence-corrected chi connectivity index (χ3v) is 4.81. The largest absolute Gasteiger partial charge is 0.416 e. The van der Waals surface area contributed by atoms with E-state index in [1.165, 1.54) is 12.1 Å². The number of hydrogen-bond donors (Lipinski definition) is 0. The summed E-state index contributed by atoms with van der Waals surface area (Å²) in [5.41, 5.74) is 4.58. The first-order valence-electron chi connectivity index (χ1n) is 9.20. The van der Waals surface area contributed by atoms with Gasteiger partial charge in [0.1, 0.15) is 0 Å². The second-order valence-electron chi connectivity index (χ2n) is 6.93. The zero-order valence-corrected chi connectivity index (χ0v) is 16.0. The molecule has 0 fully saturated rings. The summed E-state index contributed by atoms with van der Waals surface area (Å²) in [5, 5.41) is 13.7. The molecule has 0 amide bonds. The Morgan fingerprint density at radius 3 is 2.00 bits per heavy atom. The number of nitriles is 1. The molecule has 4 rings (SSSR count). The zero-order chi connectivity index (χ0) is 21.3. The Morgan fingerprint density at radius 2 is 1.43 bits per heavy atom. The van der Waals surface area contributed by atoms with E-state index >= 15 is 0 Å². The van der Waals surface area contributed by atoms with Crippen molar-refractivity contribution >= 4 is 0 Å². The average molecular weight is 403 g/mol. The molecule has 0 N–H and O–H groups in total. The third kappa shape index (κ3) is 3.83. The summed E-state index contributed by atoms with van der Waals surface area (Å²) in [4.78, 5) is 0. The predicted molar refractivity (Wildman–Crippen MR) is 109 cm³/mol. The van der Waals surface area contributed by atoms with Gasteiger partial charge in [0.15, 0.2) is 0 Å². The zero-order valence-electron chi connectivity index (χ0n) is 16.0. The highest BCUT2D eigenvalue weighted by Gasteiger charge is 2.30. The van der Waals surface area contributed by atoms with Crippen LogP contribution in [0.15, 0.2) is 78.9 Å². The van der Waals surface area contributed by atoms with Crippen molar-refractivity contribution in [3.63, 3.8) is 0 Å². The molecular formula is C24H16F3N3. The van der Waals surface area contributed by atoms with Gasteiger partial charge in [0.2, 0.25) is 0 Å². The average Bonchev–Trinajstić information content (AvgIpc) is 3.19. The van der Waals surface area contributed by atoms with Crippen molar-refractivity contribution in [2.24, 2.45) is 0 Å². The Balaban J connectivity index is 1.83. The van der Waals surface area contributed by atoms with Gasteiger partial charge in [-0.1, -0.05) is 42.0 Å². The van der Waals surface area contributed by atoms with Gasteiger partial charge in [-0.25, -0.2) is 4.68 Å². The van der Waals surface area contributed by atoms with Gasteiger partial charge in [0, 0.05) is 11.1 Å². The van der Waals surface area contributed by atoms with Crippen molar-refractivity contribution in [1.82, 2.24) is 9.78 Å². The number of aryl methyl sites for hydroxylation is 1. The molecule has 0 aliphatic heterocycles. The lowest BCUT2D eigenvalue weighted by molar-refractivity contribution is -0.137. The molecule has 0 spiro atoms. The van der Waals surface area contributed by atoms with Crippen LogP contribution >= 0.6 is 0 Å². The van der Waals surface area contributed by atoms with Gasteiger partial charge in [-0.15, -0.1) is 0 Å². The Morgan fingerprint density at radius 1 is 0.833 bits per heavy atom. The fourth-order valence-corrected chi connectivity index (χ4v) is 3.16. The van der Waals surface area contributed by atoms with Crippen LogP contribution < -0.4 is 0 Å². The number of nitrogens with zero attached hydrogens (tertiary/aromatic N) is 3. The molecule has 6 heteroatoms. The van der Waals surface area contributed by atoms with Crippen LogP contribution in [0, 0.1) is 18.3 Å². The summed E-state index contributed by atoms with van der Waals surface area (Å²) in [5.74, 6) is 0. The molecule has 1 aromatic heterocycles. The molecule has 0 atom stereocenters. The van der Waals surface area contributed by atoms with Gasteiger partial charge < -0.3 is 0 Å². The number of alkyl halides is 3. The number of rotatable bonds is 3. The van der Waals surface area contributed by atoms with E-state index in [0.29, 0.717) is 16.8 Å². The predicted octanol–water partition coefficient (Wildman–Crippen LogP) is 6.41. The van der Waals surface area contributed by atoms with Gasteiger partial charge in [-0.3, -0.25) is 0 Å². The maximum atomic E-state index is 12.9. The Labute approximate surface area is 171 Å². The van der Waals surface area contributed by atoms with Gasteiger partial charge in [-0.2, -0.15) is 23.5 Å². The van der Waals surface area contributed by atoms with Crippen LogP contribution in [0.5, 0.6) is 0 Å². The van der Waals surface area contributed by atoms with Crippen LogP contribution in [0.3, 0.4) is 0 Å². The van der Waals surface area contributed by atoms with E-state index < -0.39 is 11.7 Å². The van der Waals surface area contributed by atoms with Crippen molar-refractivity contribution in [2.45, 2.75) is 13.1 Å². The van der Waals surface area contributed by atoms with E-state index in [4.69, 9.17) is 5.26 Å². The molecular weight excluding hydrogens is 387 g/mol. The molecule has 0 saturated carbocycles. The first kappa shape index (κ1) is 19.5. The molecule has 0 saturated heterocycles. The minimum atomic E-state index is -4.38. The van der Waals surface area contributed by atoms with Crippen LogP contribution in [-0.2, 0) is 6.18 Å². The number of benzene rings is 3. The highest BCUT2D eigenvalue weighted by Crippen LogP contribution is 2.33. The highest BCUT2D eigenvalue weighted by molar-refractivity contribution is 5.71. The maximum absolute atomic E-state index is 12.9. The lowest BCUT2D eigenvalue weighted by atomic mass is 10.1. The lowest BCUT2D eigenvalue weighted by Crippen LogP contribution is -2.04. The van der Waals surface area contributed by atoms with E-state index in [1.54, 1.807) is 28.9 Å². The third-order valence-electron chi connectivity index (χ3n) is 4.81. The summed E-state index contributed by atoms with van der Waals surface area (Å²) in [6, 6.07) is 23.8.